The van der Waals surface area contributed by atoms with E-state index in [9.17, 15) is 18.0 Å². The van der Waals surface area contributed by atoms with Crippen molar-refractivity contribution in [1.82, 2.24) is 4.98 Å². The third-order valence-electron chi connectivity index (χ3n) is 2.69. The molecule has 1 aliphatic heterocycles. The zero-order chi connectivity index (χ0) is 15.5. The number of halogens is 3. The zero-order valence-corrected chi connectivity index (χ0v) is 11.6. The average molecular weight is 315 g/mol. The molecule has 0 saturated heterocycles. The van der Waals surface area contributed by atoms with Gasteiger partial charge in [-0.25, -0.2) is 9.78 Å². The van der Waals surface area contributed by atoms with Crippen LogP contribution < -0.4 is 0 Å². The first-order chi connectivity index (χ1) is 9.88. The van der Waals surface area contributed by atoms with Crippen molar-refractivity contribution in [3.05, 3.63) is 58.5 Å². The van der Waals surface area contributed by atoms with E-state index in [2.05, 4.69) is 4.98 Å². The second-order valence-electron chi connectivity index (χ2n) is 4.21. The van der Waals surface area contributed by atoms with Crippen LogP contribution in [0.1, 0.15) is 11.3 Å². The molecule has 7 heteroatoms. The first kappa shape index (κ1) is 15.4. The molecule has 0 aliphatic carbocycles. The van der Waals surface area contributed by atoms with E-state index in [1.165, 1.54) is 12.1 Å². The van der Waals surface area contributed by atoms with Crippen molar-refractivity contribution in [1.29, 1.82) is 0 Å². The van der Waals surface area contributed by atoms with Crippen LogP contribution in [-0.2, 0) is 17.4 Å². The summed E-state index contributed by atoms with van der Waals surface area (Å²) in [6, 6.07) is 2.28. The Morgan fingerprint density at radius 1 is 1.29 bits per heavy atom. The van der Waals surface area contributed by atoms with Gasteiger partial charge in [0, 0.05) is 6.08 Å². The molecule has 2 heterocycles. The highest BCUT2D eigenvalue weighted by atomic mass is 32.2. The number of carboxylic acid groups (broad SMARTS) is 1. The Kier molecular flexibility index (Phi) is 4.52. The fourth-order valence-corrected chi connectivity index (χ4v) is 3.45. The highest BCUT2D eigenvalue weighted by molar-refractivity contribution is 8.22. The number of aromatic nitrogens is 1. The SMILES string of the molecule is O=C(O)C=CCc1ccc(C(F)(F)F)nc1[SH]1C=CC=C1. The number of thiol groups is 1. The fourth-order valence-electron chi connectivity index (χ4n) is 1.78. The highest BCUT2D eigenvalue weighted by Gasteiger charge is 2.33. The standard InChI is InChI=1S/C14H12F3NO2S/c15-14(16,17)11-7-6-10(4-3-5-12(19)20)13(18-11)21-8-1-2-9-21/h1-3,5-9,21H,4H2,(H,19,20). The predicted octanol–water partition coefficient (Wildman–Crippen LogP) is 3.68. The largest absolute Gasteiger partial charge is 0.478 e. The summed E-state index contributed by atoms with van der Waals surface area (Å²) >= 11 is 0. The van der Waals surface area contributed by atoms with Gasteiger partial charge in [-0.15, -0.1) is 0 Å². The fraction of sp³-hybridized carbons (Fsp3) is 0.143. The van der Waals surface area contributed by atoms with Crippen molar-refractivity contribution in [3.8, 4) is 0 Å². The minimum absolute atomic E-state index is 0.229. The lowest BCUT2D eigenvalue weighted by Gasteiger charge is -2.16. The number of pyridine rings is 1. The van der Waals surface area contributed by atoms with Crippen molar-refractivity contribution in [2.24, 2.45) is 0 Å². The molecule has 0 radical (unpaired) electrons. The molecule has 1 aliphatic rings. The molecule has 0 bridgehead atoms. The summed E-state index contributed by atoms with van der Waals surface area (Å²) in [5, 5.41) is 12.5. The molecular weight excluding hydrogens is 303 g/mol. The number of rotatable bonds is 4. The van der Waals surface area contributed by atoms with Crippen molar-refractivity contribution >= 4 is 16.9 Å². The molecule has 1 aromatic heterocycles. The minimum atomic E-state index is -4.49. The second kappa shape index (κ2) is 6.17. The van der Waals surface area contributed by atoms with Crippen LogP contribution in [0.5, 0.6) is 0 Å². The van der Waals surface area contributed by atoms with Crippen LogP contribution in [0.3, 0.4) is 0 Å². The maximum Gasteiger partial charge on any atom is 0.433 e. The maximum absolute atomic E-state index is 12.8. The van der Waals surface area contributed by atoms with Crippen LogP contribution in [0.25, 0.3) is 0 Å². The molecule has 21 heavy (non-hydrogen) atoms. The molecule has 0 unspecified atom stereocenters. The van der Waals surface area contributed by atoms with Gasteiger partial charge in [0.2, 0.25) is 0 Å². The Balaban J connectivity index is 2.37. The van der Waals surface area contributed by atoms with E-state index < -0.39 is 28.7 Å². The molecule has 0 fully saturated rings. The van der Waals surface area contributed by atoms with Gasteiger partial charge in [-0.3, -0.25) is 0 Å². The normalized spacial score (nSPS) is 16.0. The Morgan fingerprint density at radius 3 is 2.52 bits per heavy atom. The lowest BCUT2D eigenvalue weighted by atomic mass is 10.2. The second-order valence-corrected chi connectivity index (χ2v) is 6.05. The van der Waals surface area contributed by atoms with Crippen LogP contribution in [0.4, 0.5) is 13.2 Å². The van der Waals surface area contributed by atoms with Crippen LogP contribution >= 0.6 is 10.9 Å². The molecule has 0 aromatic carbocycles. The molecule has 1 aromatic rings. The van der Waals surface area contributed by atoms with E-state index in [4.69, 9.17) is 5.11 Å². The lowest BCUT2D eigenvalue weighted by Crippen LogP contribution is -2.09. The van der Waals surface area contributed by atoms with Crippen molar-refractivity contribution in [2.45, 2.75) is 17.6 Å². The topological polar surface area (TPSA) is 50.2 Å². The van der Waals surface area contributed by atoms with E-state index in [0.717, 1.165) is 12.1 Å². The van der Waals surface area contributed by atoms with Crippen LogP contribution in [0.15, 0.2) is 52.3 Å². The lowest BCUT2D eigenvalue weighted by molar-refractivity contribution is -0.141. The molecule has 0 saturated carbocycles. The smallest absolute Gasteiger partial charge is 0.433 e. The minimum Gasteiger partial charge on any atom is -0.478 e. The molecule has 2 rings (SSSR count). The molecule has 3 nitrogen and oxygen atoms in total. The van der Waals surface area contributed by atoms with Gasteiger partial charge in [0.25, 0.3) is 0 Å². The number of hydrogen-bond donors (Lipinski definition) is 2. The number of hydrogen-bond acceptors (Lipinski definition) is 2. The number of allylic oxidation sites excluding steroid dienone is 3. The van der Waals surface area contributed by atoms with Crippen LogP contribution in [-0.4, -0.2) is 16.1 Å². The highest BCUT2D eigenvalue weighted by Crippen LogP contribution is 2.44. The zero-order valence-electron chi connectivity index (χ0n) is 10.7. The van der Waals surface area contributed by atoms with Crippen LogP contribution in [0, 0.1) is 0 Å². The van der Waals surface area contributed by atoms with Gasteiger partial charge >= 0.3 is 12.1 Å². The predicted molar refractivity (Wildman–Crippen MR) is 75.3 cm³/mol. The van der Waals surface area contributed by atoms with E-state index >= 15 is 0 Å². The van der Waals surface area contributed by atoms with Crippen molar-refractivity contribution in [2.75, 3.05) is 0 Å². The number of alkyl halides is 3. The number of nitrogens with zero attached hydrogens (tertiary/aromatic N) is 1. The summed E-state index contributed by atoms with van der Waals surface area (Å²) in [6.45, 7) is 0. The molecular formula is C14H12F3NO2S. The number of carboxylic acids is 1. The molecule has 112 valence electrons. The molecule has 1 N–H and O–H groups in total. The first-order valence-corrected chi connectivity index (χ1v) is 7.46. The number of carbonyl (C=O) groups is 1. The number of aliphatic carboxylic acids is 1. The molecule has 0 amide bonds. The van der Waals surface area contributed by atoms with E-state index in [1.807, 2.05) is 10.8 Å². The van der Waals surface area contributed by atoms with Gasteiger partial charge in [0.15, 0.2) is 0 Å². The van der Waals surface area contributed by atoms with Crippen LogP contribution in [0.2, 0.25) is 0 Å². The van der Waals surface area contributed by atoms with Crippen molar-refractivity contribution in [3.63, 3.8) is 0 Å². The summed E-state index contributed by atoms with van der Waals surface area (Å²) in [7, 11) is -1.01. The molecule has 0 atom stereocenters. The first-order valence-electron chi connectivity index (χ1n) is 5.98. The molecule has 0 spiro atoms. The Morgan fingerprint density at radius 2 is 1.95 bits per heavy atom. The van der Waals surface area contributed by atoms with Gasteiger partial charge in [-0.05, 0) is 28.9 Å². The Hall–Kier alpha value is -2.02. The summed E-state index contributed by atoms with van der Waals surface area (Å²) in [5.41, 5.74) is -0.331. The van der Waals surface area contributed by atoms with Gasteiger partial charge < -0.3 is 5.11 Å². The maximum atomic E-state index is 12.8. The average Bonchev–Trinajstić information content (AvgIpc) is 2.91. The van der Waals surface area contributed by atoms with E-state index in [-0.39, 0.29) is 6.42 Å². The summed E-state index contributed by atoms with van der Waals surface area (Å²) in [4.78, 5) is 14.2. The Bertz CT molecular complexity index is 624. The summed E-state index contributed by atoms with van der Waals surface area (Å²) in [5.74, 6) is -1.09. The van der Waals surface area contributed by atoms with E-state index in [1.54, 1.807) is 12.2 Å². The summed E-state index contributed by atoms with van der Waals surface area (Å²) < 4.78 is 38.3. The van der Waals surface area contributed by atoms with Gasteiger partial charge in [0.05, 0.1) is 5.03 Å². The van der Waals surface area contributed by atoms with Gasteiger partial charge in [0.1, 0.15) is 5.69 Å². The van der Waals surface area contributed by atoms with Gasteiger partial charge in [-0.2, -0.15) is 24.1 Å². The van der Waals surface area contributed by atoms with Crippen molar-refractivity contribution < 1.29 is 23.1 Å². The monoisotopic (exact) mass is 315 g/mol. The van der Waals surface area contributed by atoms with E-state index in [0.29, 0.717) is 10.6 Å². The quantitative estimate of drug-likeness (QED) is 0.658. The summed E-state index contributed by atoms with van der Waals surface area (Å²) in [6.07, 6.45) is 1.64. The Labute approximate surface area is 121 Å². The third-order valence-corrected chi connectivity index (χ3v) is 4.56. The third kappa shape index (κ3) is 3.98. The van der Waals surface area contributed by atoms with Gasteiger partial charge in [-0.1, -0.05) is 24.3 Å².